The third kappa shape index (κ3) is 2.60. The van der Waals surface area contributed by atoms with Gasteiger partial charge >= 0.3 is 0 Å². The first-order valence-electron chi connectivity index (χ1n) is 5.05. The summed E-state index contributed by atoms with van der Waals surface area (Å²) in [5, 5.41) is 0.720. The molecular weight excluding hydrogens is 208 g/mol. The van der Waals surface area contributed by atoms with Crippen LogP contribution >= 0.6 is 11.6 Å². The summed E-state index contributed by atoms with van der Waals surface area (Å²) in [6, 6.07) is 3.74. The predicted octanol–water partition coefficient (Wildman–Crippen LogP) is 4.19. The van der Waals surface area contributed by atoms with Gasteiger partial charge in [0.25, 0.3) is 0 Å². The maximum absolute atomic E-state index is 12.1. The largest absolute Gasteiger partial charge is 0.294 e. The van der Waals surface area contributed by atoms with Crippen LogP contribution in [0.5, 0.6) is 0 Å². The van der Waals surface area contributed by atoms with Crippen molar-refractivity contribution in [1.29, 1.82) is 0 Å². The molecule has 0 bridgehead atoms. The lowest BCUT2D eigenvalue weighted by Crippen LogP contribution is -2.21. The van der Waals surface area contributed by atoms with E-state index in [2.05, 4.69) is 0 Å². The first kappa shape index (κ1) is 12.3. The van der Waals surface area contributed by atoms with Crippen LogP contribution in [0.1, 0.15) is 42.3 Å². The molecule has 0 atom stereocenters. The lowest BCUT2D eigenvalue weighted by Gasteiger charge is -2.18. The Morgan fingerprint density at radius 2 is 1.67 bits per heavy atom. The third-order valence-electron chi connectivity index (χ3n) is 2.43. The molecule has 15 heavy (non-hydrogen) atoms. The second-order valence-corrected chi connectivity index (χ2v) is 5.40. The molecule has 0 aromatic heterocycles. The van der Waals surface area contributed by atoms with Gasteiger partial charge in [-0.05, 0) is 37.1 Å². The van der Waals surface area contributed by atoms with Gasteiger partial charge in [0.2, 0.25) is 0 Å². The molecule has 0 amide bonds. The molecule has 82 valence electrons. The first-order valence-corrected chi connectivity index (χ1v) is 5.43. The summed E-state index contributed by atoms with van der Waals surface area (Å²) < 4.78 is 0. The number of halogens is 1. The van der Waals surface area contributed by atoms with E-state index in [1.165, 1.54) is 0 Å². The molecule has 0 radical (unpaired) electrons. The molecule has 0 aliphatic carbocycles. The van der Waals surface area contributed by atoms with Crippen LogP contribution in [0, 0.1) is 19.3 Å². The fraction of sp³-hybridized carbons (Fsp3) is 0.462. The second kappa shape index (κ2) is 3.97. The van der Waals surface area contributed by atoms with Crippen LogP contribution in [0.25, 0.3) is 0 Å². The maximum Gasteiger partial charge on any atom is 0.168 e. The third-order valence-corrected chi connectivity index (χ3v) is 2.84. The summed E-state index contributed by atoms with van der Waals surface area (Å²) in [4.78, 5) is 12.1. The highest BCUT2D eigenvalue weighted by Gasteiger charge is 2.24. The first-order chi connectivity index (χ1) is 6.73. The van der Waals surface area contributed by atoms with Crippen molar-refractivity contribution in [2.45, 2.75) is 34.6 Å². The molecule has 1 aromatic rings. The highest BCUT2D eigenvalue weighted by atomic mass is 35.5. The van der Waals surface area contributed by atoms with Gasteiger partial charge in [0.15, 0.2) is 5.78 Å². The smallest absolute Gasteiger partial charge is 0.168 e. The van der Waals surface area contributed by atoms with E-state index in [9.17, 15) is 4.79 Å². The van der Waals surface area contributed by atoms with Crippen molar-refractivity contribution in [3.05, 3.63) is 33.8 Å². The number of carbonyl (C=O) groups is 1. The Morgan fingerprint density at radius 3 is 2.13 bits per heavy atom. The Morgan fingerprint density at radius 1 is 1.13 bits per heavy atom. The van der Waals surface area contributed by atoms with E-state index in [0.717, 1.165) is 21.7 Å². The minimum absolute atomic E-state index is 0.166. The Balaban J connectivity index is 3.28. The summed E-state index contributed by atoms with van der Waals surface area (Å²) in [6.07, 6.45) is 0. The van der Waals surface area contributed by atoms with Gasteiger partial charge in [0.1, 0.15) is 0 Å². The number of hydrogen-bond donors (Lipinski definition) is 0. The van der Waals surface area contributed by atoms with Crippen LogP contribution in [-0.2, 0) is 0 Å². The second-order valence-electron chi connectivity index (χ2n) is 5.00. The molecule has 0 aliphatic rings. The number of rotatable bonds is 1. The number of benzene rings is 1. The molecule has 0 spiro atoms. The average molecular weight is 225 g/mol. The van der Waals surface area contributed by atoms with Crippen LogP contribution < -0.4 is 0 Å². The zero-order chi connectivity index (χ0) is 11.8. The summed E-state index contributed by atoms with van der Waals surface area (Å²) in [6.45, 7) is 9.63. The van der Waals surface area contributed by atoms with Crippen molar-refractivity contribution in [2.24, 2.45) is 5.41 Å². The summed E-state index contributed by atoms with van der Waals surface area (Å²) in [5.41, 5.74) is 2.34. The molecule has 0 saturated carbocycles. The van der Waals surface area contributed by atoms with Crippen molar-refractivity contribution in [3.63, 3.8) is 0 Å². The fourth-order valence-corrected chi connectivity index (χ4v) is 1.65. The van der Waals surface area contributed by atoms with Crippen molar-refractivity contribution in [1.82, 2.24) is 0 Å². The van der Waals surface area contributed by atoms with Crippen LogP contribution in [-0.4, -0.2) is 5.78 Å². The van der Waals surface area contributed by atoms with Gasteiger partial charge in [-0.3, -0.25) is 4.79 Å². The average Bonchev–Trinajstić information content (AvgIpc) is 2.08. The quantitative estimate of drug-likeness (QED) is 0.654. The highest BCUT2D eigenvalue weighted by Crippen LogP contribution is 2.26. The highest BCUT2D eigenvalue weighted by molar-refractivity contribution is 6.31. The topological polar surface area (TPSA) is 17.1 Å². The predicted molar refractivity (Wildman–Crippen MR) is 64.7 cm³/mol. The Labute approximate surface area is 96.5 Å². The molecule has 0 N–H and O–H groups in total. The van der Waals surface area contributed by atoms with Crippen molar-refractivity contribution >= 4 is 17.4 Å². The van der Waals surface area contributed by atoms with Gasteiger partial charge in [-0.15, -0.1) is 0 Å². The number of hydrogen-bond acceptors (Lipinski definition) is 1. The molecule has 0 heterocycles. The summed E-state index contributed by atoms with van der Waals surface area (Å²) >= 11 is 5.99. The normalized spacial score (nSPS) is 11.6. The molecule has 0 unspecified atom stereocenters. The van der Waals surface area contributed by atoms with Gasteiger partial charge in [-0.25, -0.2) is 0 Å². The van der Waals surface area contributed by atoms with Crippen molar-refractivity contribution in [2.75, 3.05) is 0 Å². The van der Waals surface area contributed by atoms with E-state index < -0.39 is 0 Å². The monoisotopic (exact) mass is 224 g/mol. The van der Waals surface area contributed by atoms with E-state index in [4.69, 9.17) is 11.6 Å². The Bertz CT molecular complexity index is 400. The Kier molecular flexibility index (Phi) is 3.25. The van der Waals surface area contributed by atoms with E-state index in [1.807, 2.05) is 46.8 Å². The molecular formula is C13H17ClO. The fourth-order valence-electron chi connectivity index (χ4n) is 1.43. The number of carbonyl (C=O) groups excluding carboxylic acids is 1. The van der Waals surface area contributed by atoms with Crippen LogP contribution in [0.4, 0.5) is 0 Å². The molecule has 1 nitrogen and oxygen atoms in total. The number of Topliss-reactive ketones (excluding diaryl/α,β-unsaturated/α-hetero) is 1. The summed E-state index contributed by atoms with van der Waals surface area (Å²) in [5.74, 6) is 0.166. The van der Waals surface area contributed by atoms with E-state index in [0.29, 0.717) is 0 Å². The van der Waals surface area contributed by atoms with Gasteiger partial charge in [-0.1, -0.05) is 32.4 Å². The molecule has 1 rings (SSSR count). The maximum atomic E-state index is 12.1. The standard InChI is InChI=1S/C13H17ClO/c1-8-7-11(14)9(2)6-10(8)12(15)13(3,4)5/h6-7H,1-5H3. The van der Waals surface area contributed by atoms with Crippen LogP contribution in [0.15, 0.2) is 12.1 Å². The molecule has 0 aliphatic heterocycles. The van der Waals surface area contributed by atoms with E-state index >= 15 is 0 Å². The van der Waals surface area contributed by atoms with Crippen molar-refractivity contribution < 1.29 is 4.79 Å². The number of ketones is 1. The summed E-state index contributed by atoms with van der Waals surface area (Å²) in [7, 11) is 0. The minimum Gasteiger partial charge on any atom is -0.294 e. The van der Waals surface area contributed by atoms with Gasteiger partial charge in [0, 0.05) is 16.0 Å². The zero-order valence-corrected chi connectivity index (χ0v) is 10.7. The van der Waals surface area contributed by atoms with Gasteiger partial charge < -0.3 is 0 Å². The molecule has 1 aromatic carbocycles. The molecule has 2 heteroatoms. The lowest BCUT2D eigenvalue weighted by atomic mass is 9.84. The molecule has 0 saturated heterocycles. The molecule has 0 fully saturated rings. The van der Waals surface area contributed by atoms with E-state index in [-0.39, 0.29) is 11.2 Å². The zero-order valence-electron chi connectivity index (χ0n) is 9.94. The van der Waals surface area contributed by atoms with E-state index in [1.54, 1.807) is 0 Å². The number of aryl methyl sites for hydroxylation is 2. The van der Waals surface area contributed by atoms with Crippen LogP contribution in [0.2, 0.25) is 5.02 Å². The Hall–Kier alpha value is -0.820. The van der Waals surface area contributed by atoms with Gasteiger partial charge in [-0.2, -0.15) is 0 Å². The SMILES string of the molecule is Cc1cc(C(=O)C(C)(C)C)c(C)cc1Cl. The van der Waals surface area contributed by atoms with Crippen molar-refractivity contribution in [3.8, 4) is 0 Å². The van der Waals surface area contributed by atoms with Gasteiger partial charge in [0.05, 0.1) is 0 Å². The minimum atomic E-state index is -0.342. The lowest BCUT2D eigenvalue weighted by molar-refractivity contribution is 0.0857. The van der Waals surface area contributed by atoms with Crippen LogP contribution in [0.3, 0.4) is 0 Å².